The Balaban J connectivity index is 1.85. The first-order chi connectivity index (χ1) is 13.9. The molecule has 6 nitrogen and oxygen atoms in total. The lowest BCUT2D eigenvalue weighted by Crippen LogP contribution is -2.55. The molecular formula is C23H28N2O4. The molecule has 0 radical (unpaired) electrons. The minimum absolute atomic E-state index is 0.0240. The van der Waals surface area contributed by atoms with Crippen LogP contribution in [0.3, 0.4) is 0 Å². The number of methoxy groups -OCH3 is 3. The molecule has 0 amide bonds. The molecule has 1 aromatic heterocycles. The van der Waals surface area contributed by atoms with E-state index in [1.165, 1.54) is 0 Å². The van der Waals surface area contributed by atoms with Crippen molar-refractivity contribution in [2.24, 2.45) is 0 Å². The zero-order valence-corrected chi connectivity index (χ0v) is 17.5. The van der Waals surface area contributed by atoms with Crippen molar-refractivity contribution in [2.45, 2.75) is 43.9 Å². The van der Waals surface area contributed by atoms with Crippen LogP contribution in [0.25, 0.3) is 11.6 Å². The fourth-order valence-electron chi connectivity index (χ4n) is 4.41. The van der Waals surface area contributed by atoms with Crippen LogP contribution in [-0.4, -0.2) is 44.0 Å². The van der Waals surface area contributed by atoms with Gasteiger partial charge in [-0.2, -0.15) is 0 Å². The second kappa shape index (κ2) is 7.35. The molecule has 0 spiro atoms. The summed E-state index contributed by atoms with van der Waals surface area (Å²) in [5.41, 5.74) is 1.75. The summed E-state index contributed by atoms with van der Waals surface area (Å²) in [6, 6.07) is 0.206. The Morgan fingerprint density at radius 3 is 2.52 bits per heavy atom. The monoisotopic (exact) mass is 396 g/mol. The van der Waals surface area contributed by atoms with Gasteiger partial charge in [0.25, 0.3) is 0 Å². The van der Waals surface area contributed by atoms with Crippen molar-refractivity contribution in [2.75, 3.05) is 21.3 Å². The van der Waals surface area contributed by atoms with Gasteiger partial charge in [0, 0.05) is 41.6 Å². The van der Waals surface area contributed by atoms with Crippen LogP contribution < -0.4 is 21.3 Å². The van der Waals surface area contributed by atoms with Gasteiger partial charge in [-0.3, -0.25) is 4.79 Å². The zero-order chi connectivity index (χ0) is 20.8. The van der Waals surface area contributed by atoms with Crippen LogP contribution in [0.1, 0.15) is 31.7 Å². The van der Waals surface area contributed by atoms with E-state index in [2.05, 4.69) is 36.3 Å². The van der Waals surface area contributed by atoms with Crippen molar-refractivity contribution in [3.8, 4) is 0 Å². The second-order valence-electron chi connectivity index (χ2n) is 8.21. The van der Waals surface area contributed by atoms with Crippen LogP contribution >= 0.6 is 0 Å². The van der Waals surface area contributed by atoms with Crippen molar-refractivity contribution in [3.05, 3.63) is 68.4 Å². The fourth-order valence-corrected chi connectivity index (χ4v) is 4.41. The maximum Gasteiger partial charge on any atom is 0.192 e. The Morgan fingerprint density at radius 2 is 1.83 bits per heavy atom. The van der Waals surface area contributed by atoms with Crippen molar-refractivity contribution < 1.29 is 14.2 Å². The molecule has 29 heavy (non-hydrogen) atoms. The lowest BCUT2D eigenvalue weighted by molar-refractivity contribution is 0.113. The van der Waals surface area contributed by atoms with Crippen LogP contribution in [0.4, 0.5) is 0 Å². The smallest absolute Gasteiger partial charge is 0.192 e. The molecule has 1 aromatic rings. The minimum Gasteiger partial charge on any atom is -0.493 e. The molecule has 0 saturated heterocycles. The SMILES string of the molecule is COC1=CC(OC)C(c2c[nH]c3c(c2=O)=CCC2NC(C)(C)C=CC=32)C=C1OC. The highest BCUT2D eigenvalue weighted by Gasteiger charge is 2.31. The number of rotatable bonds is 4. The second-order valence-corrected chi connectivity index (χ2v) is 8.21. The molecule has 2 N–H and O–H groups in total. The molecule has 0 aromatic carbocycles. The summed E-state index contributed by atoms with van der Waals surface area (Å²) in [6.07, 6.45) is 12.3. The highest BCUT2D eigenvalue weighted by Crippen LogP contribution is 2.31. The normalized spacial score (nSPS) is 27.2. The van der Waals surface area contributed by atoms with Crippen molar-refractivity contribution in [1.82, 2.24) is 10.3 Å². The summed E-state index contributed by atoms with van der Waals surface area (Å²) in [4.78, 5) is 16.8. The number of hydrogen-bond acceptors (Lipinski definition) is 5. The maximum absolute atomic E-state index is 13.4. The summed E-state index contributed by atoms with van der Waals surface area (Å²) in [6.45, 7) is 4.30. The first-order valence-electron chi connectivity index (χ1n) is 9.86. The van der Waals surface area contributed by atoms with E-state index in [9.17, 15) is 4.79 Å². The molecule has 0 fully saturated rings. The minimum atomic E-state index is -0.316. The van der Waals surface area contributed by atoms with Gasteiger partial charge in [0.2, 0.25) is 0 Å². The molecule has 2 aliphatic carbocycles. The summed E-state index contributed by atoms with van der Waals surface area (Å²) >= 11 is 0. The maximum atomic E-state index is 13.4. The van der Waals surface area contributed by atoms with E-state index in [1.807, 2.05) is 24.4 Å². The molecule has 3 aliphatic rings. The number of fused-ring (bicyclic) bond motifs is 2. The molecule has 0 saturated carbocycles. The van der Waals surface area contributed by atoms with Gasteiger partial charge in [-0.05, 0) is 38.0 Å². The average Bonchev–Trinajstić information content (AvgIpc) is 2.72. The van der Waals surface area contributed by atoms with Gasteiger partial charge in [-0.1, -0.05) is 18.2 Å². The molecule has 2 heterocycles. The lowest BCUT2D eigenvalue weighted by atomic mass is 9.86. The number of hydrogen-bond donors (Lipinski definition) is 2. The van der Waals surface area contributed by atoms with Gasteiger partial charge in [0.05, 0.1) is 25.7 Å². The van der Waals surface area contributed by atoms with Gasteiger partial charge in [0.15, 0.2) is 16.9 Å². The molecule has 4 rings (SSSR count). The number of H-pyrrole nitrogens is 1. The third-order valence-electron chi connectivity index (χ3n) is 5.91. The molecule has 0 bridgehead atoms. The van der Waals surface area contributed by atoms with Crippen LogP contribution in [0, 0.1) is 0 Å². The van der Waals surface area contributed by atoms with Crippen LogP contribution in [0.2, 0.25) is 0 Å². The van der Waals surface area contributed by atoms with E-state index in [0.29, 0.717) is 17.1 Å². The lowest BCUT2D eigenvalue weighted by Gasteiger charge is -2.35. The average molecular weight is 396 g/mol. The van der Waals surface area contributed by atoms with Crippen LogP contribution in [0.5, 0.6) is 0 Å². The van der Waals surface area contributed by atoms with Crippen molar-refractivity contribution in [1.29, 1.82) is 0 Å². The third-order valence-corrected chi connectivity index (χ3v) is 5.91. The number of aromatic amines is 1. The van der Waals surface area contributed by atoms with Crippen molar-refractivity contribution >= 4 is 11.6 Å². The van der Waals surface area contributed by atoms with E-state index in [0.717, 1.165) is 22.6 Å². The Hall–Kier alpha value is -2.57. The number of pyridine rings is 1. The largest absolute Gasteiger partial charge is 0.493 e. The first-order valence-corrected chi connectivity index (χ1v) is 9.86. The Morgan fingerprint density at radius 1 is 1.10 bits per heavy atom. The van der Waals surface area contributed by atoms with Gasteiger partial charge >= 0.3 is 0 Å². The first kappa shape index (κ1) is 19.7. The van der Waals surface area contributed by atoms with Gasteiger partial charge < -0.3 is 24.5 Å². The van der Waals surface area contributed by atoms with Crippen LogP contribution in [-0.2, 0) is 14.2 Å². The topological polar surface area (TPSA) is 72.6 Å². The molecule has 6 heteroatoms. The third kappa shape index (κ3) is 3.36. The number of aromatic nitrogens is 1. The predicted molar refractivity (Wildman–Crippen MR) is 113 cm³/mol. The van der Waals surface area contributed by atoms with E-state index < -0.39 is 0 Å². The van der Waals surface area contributed by atoms with Gasteiger partial charge in [-0.25, -0.2) is 0 Å². The highest BCUT2D eigenvalue weighted by atomic mass is 16.5. The summed E-state index contributed by atoms with van der Waals surface area (Å²) in [7, 11) is 4.81. The van der Waals surface area contributed by atoms with Crippen molar-refractivity contribution in [3.63, 3.8) is 0 Å². The zero-order valence-electron chi connectivity index (χ0n) is 17.5. The van der Waals surface area contributed by atoms with Gasteiger partial charge in [0.1, 0.15) is 0 Å². The van der Waals surface area contributed by atoms with E-state index >= 15 is 0 Å². The molecule has 3 atom stereocenters. The van der Waals surface area contributed by atoms with Gasteiger partial charge in [-0.15, -0.1) is 0 Å². The molecular weight excluding hydrogens is 368 g/mol. The standard InChI is InChI=1S/C23H28N2O4/c1-23(2)9-8-13-17(25-23)7-6-14-21(13)24-12-16(22(14)26)15-10-19(28-4)20(29-5)11-18(15)27-3/h6,8-12,15,17-18,24-25H,7H2,1-5H3. The number of ether oxygens (including phenoxy) is 3. The predicted octanol–water partition coefficient (Wildman–Crippen LogP) is 1.19. The summed E-state index contributed by atoms with van der Waals surface area (Å²) in [5.74, 6) is 0.942. The highest BCUT2D eigenvalue weighted by molar-refractivity contribution is 5.66. The molecule has 1 aliphatic heterocycles. The van der Waals surface area contributed by atoms with E-state index in [-0.39, 0.29) is 29.0 Å². The molecule has 154 valence electrons. The summed E-state index contributed by atoms with van der Waals surface area (Å²) in [5, 5.41) is 5.25. The summed E-state index contributed by atoms with van der Waals surface area (Å²) < 4.78 is 16.5. The number of nitrogens with one attached hydrogen (secondary N) is 2. The quantitative estimate of drug-likeness (QED) is 0.800. The van der Waals surface area contributed by atoms with E-state index in [4.69, 9.17) is 14.2 Å². The Labute approximate surface area is 170 Å². The Kier molecular flexibility index (Phi) is 5.00. The van der Waals surface area contributed by atoms with Crippen LogP contribution in [0.15, 0.2) is 46.8 Å². The molecule has 3 unspecified atom stereocenters. The Bertz CT molecular complexity index is 1090. The van der Waals surface area contributed by atoms with E-state index in [1.54, 1.807) is 21.3 Å². The fraction of sp³-hybridized carbons (Fsp3) is 0.435.